The standard InChI is InChI=1S/C17H22N2O4/c1-8-5-10(16(22-3)12(18)14(8)20)7-11-6-9(2)15(21)13(19)17(11)23-4/h5-6,20-21H,7,18-19H2,1-4H3. The molecular weight excluding hydrogens is 296 g/mol. The summed E-state index contributed by atoms with van der Waals surface area (Å²) >= 11 is 0. The molecular formula is C17H22N2O4. The van der Waals surface area contributed by atoms with Crippen LogP contribution in [0.3, 0.4) is 0 Å². The maximum absolute atomic E-state index is 9.95. The zero-order chi connectivity index (χ0) is 17.3. The Labute approximate surface area is 135 Å². The van der Waals surface area contributed by atoms with Gasteiger partial charge in [-0.2, -0.15) is 0 Å². The quantitative estimate of drug-likeness (QED) is 0.509. The molecule has 2 aromatic rings. The molecule has 0 saturated carbocycles. The van der Waals surface area contributed by atoms with E-state index >= 15 is 0 Å². The summed E-state index contributed by atoms with van der Waals surface area (Å²) < 4.78 is 10.7. The summed E-state index contributed by atoms with van der Waals surface area (Å²) in [5.74, 6) is 0.858. The van der Waals surface area contributed by atoms with E-state index < -0.39 is 0 Å². The first-order valence-corrected chi connectivity index (χ1v) is 7.11. The lowest BCUT2D eigenvalue weighted by atomic mass is 9.97. The molecule has 0 radical (unpaired) electrons. The van der Waals surface area contributed by atoms with Crippen LogP contribution in [0.2, 0.25) is 0 Å². The second kappa shape index (κ2) is 6.16. The highest BCUT2D eigenvalue weighted by Gasteiger charge is 2.19. The average molecular weight is 318 g/mol. The van der Waals surface area contributed by atoms with Crippen molar-refractivity contribution in [1.82, 2.24) is 0 Å². The second-order valence-corrected chi connectivity index (χ2v) is 5.47. The molecule has 0 unspecified atom stereocenters. The van der Waals surface area contributed by atoms with Gasteiger partial charge in [0.1, 0.15) is 34.4 Å². The Morgan fingerprint density at radius 3 is 1.48 bits per heavy atom. The van der Waals surface area contributed by atoms with Crippen molar-refractivity contribution in [3.05, 3.63) is 34.4 Å². The van der Waals surface area contributed by atoms with Crippen LogP contribution in [0.25, 0.3) is 0 Å². The normalized spacial score (nSPS) is 10.6. The number of aryl methyl sites for hydroxylation is 2. The molecule has 0 aliphatic heterocycles. The number of hydrogen-bond donors (Lipinski definition) is 4. The minimum Gasteiger partial charge on any atom is -0.505 e. The van der Waals surface area contributed by atoms with E-state index in [1.54, 1.807) is 13.8 Å². The second-order valence-electron chi connectivity index (χ2n) is 5.47. The summed E-state index contributed by atoms with van der Waals surface area (Å²) in [6, 6.07) is 3.62. The highest BCUT2D eigenvalue weighted by molar-refractivity contribution is 5.71. The largest absolute Gasteiger partial charge is 0.505 e. The zero-order valence-corrected chi connectivity index (χ0v) is 13.7. The molecule has 2 aromatic carbocycles. The van der Waals surface area contributed by atoms with Crippen LogP contribution in [-0.4, -0.2) is 24.4 Å². The Morgan fingerprint density at radius 2 is 1.17 bits per heavy atom. The third kappa shape index (κ3) is 2.79. The fraction of sp³-hybridized carbons (Fsp3) is 0.294. The lowest BCUT2D eigenvalue weighted by Gasteiger charge is -2.18. The third-order valence-corrected chi connectivity index (χ3v) is 3.90. The van der Waals surface area contributed by atoms with Crippen molar-refractivity contribution in [2.45, 2.75) is 20.3 Å². The van der Waals surface area contributed by atoms with Crippen LogP contribution < -0.4 is 20.9 Å². The summed E-state index contributed by atoms with van der Waals surface area (Å²) in [7, 11) is 3.00. The first-order valence-electron chi connectivity index (χ1n) is 7.11. The molecule has 2 rings (SSSR count). The molecule has 124 valence electrons. The van der Waals surface area contributed by atoms with Crippen LogP contribution in [0.15, 0.2) is 12.1 Å². The maximum atomic E-state index is 9.95. The molecule has 0 amide bonds. The van der Waals surface area contributed by atoms with E-state index in [1.807, 2.05) is 12.1 Å². The van der Waals surface area contributed by atoms with Crippen molar-refractivity contribution in [3.63, 3.8) is 0 Å². The first-order chi connectivity index (χ1) is 10.8. The topological polar surface area (TPSA) is 111 Å². The third-order valence-electron chi connectivity index (χ3n) is 3.90. The molecule has 6 heteroatoms. The van der Waals surface area contributed by atoms with Crippen molar-refractivity contribution < 1.29 is 19.7 Å². The molecule has 0 saturated heterocycles. The van der Waals surface area contributed by atoms with Crippen LogP contribution in [0.5, 0.6) is 23.0 Å². The molecule has 0 bridgehead atoms. The molecule has 6 N–H and O–H groups in total. The fourth-order valence-electron chi connectivity index (χ4n) is 2.73. The number of anilines is 2. The van der Waals surface area contributed by atoms with Gasteiger partial charge in [-0.1, -0.05) is 0 Å². The lowest BCUT2D eigenvalue weighted by molar-refractivity contribution is 0.401. The van der Waals surface area contributed by atoms with Crippen molar-refractivity contribution in [1.29, 1.82) is 0 Å². The number of nitrogens with two attached hydrogens (primary N) is 2. The SMILES string of the molecule is COc1c(Cc2cc(C)c(O)c(N)c2OC)cc(C)c(O)c1N. The number of hydrogen-bond acceptors (Lipinski definition) is 6. The monoisotopic (exact) mass is 318 g/mol. The van der Waals surface area contributed by atoms with Gasteiger partial charge in [0, 0.05) is 17.5 Å². The van der Waals surface area contributed by atoms with E-state index in [4.69, 9.17) is 20.9 Å². The molecule has 23 heavy (non-hydrogen) atoms. The summed E-state index contributed by atoms with van der Waals surface area (Å²) in [5, 5.41) is 19.9. The van der Waals surface area contributed by atoms with Gasteiger partial charge < -0.3 is 31.2 Å². The number of rotatable bonds is 4. The van der Waals surface area contributed by atoms with Crippen molar-refractivity contribution in [2.24, 2.45) is 0 Å². The number of methoxy groups -OCH3 is 2. The number of phenolic OH excluding ortho intramolecular Hbond substituents is 2. The van der Waals surface area contributed by atoms with Gasteiger partial charge in [-0.05, 0) is 37.1 Å². The summed E-state index contributed by atoms with van der Waals surface area (Å²) in [5.41, 5.74) is 15.2. The molecule has 0 fully saturated rings. The zero-order valence-electron chi connectivity index (χ0n) is 13.7. The molecule has 6 nitrogen and oxygen atoms in total. The fourth-order valence-corrected chi connectivity index (χ4v) is 2.73. The van der Waals surface area contributed by atoms with Crippen molar-refractivity contribution in [3.8, 4) is 23.0 Å². The molecule has 0 atom stereocenters. The summed E-state index contributed by atoms with van der Waals surface area (Å²) in [6.07, 6.45) is 0.434. The minimum atomic E-state index is 0.0129. The van der Waals surface area contributed by atoms with E-state index in [0.717, 1.165) is 11.1 Å². The summed E-state index contributed by atoms with van der Waals surface area (Å²) in [6.45, 7) is 3.53. The van der Waals surface area contributed by atoms with Crippen molar-refractivity contribution in [2.75, 3.05) is 25.7 Å². The molecule has 0 aliphatic carbocycles. The van der Waals surface area contributed by atoms with E-state index in [2.05, 4.69) is 0 Å². The Hall–Kier alpha value is -2.76. The van der Waals surface area contributed by atoms with Gasteiger partial charge in [0.25, 0.3) is 0 Å². The highest BCUT2D eigenvalue weighted by atomic mass is 16.5. The van der Waals surface area contributed by atoms with Gasteiger partial charge in [0.2, 0.25) is 0 Å². The number of phenols is 2. The predicted octanol–water partition coefficient (Wildman–Crippen LogP) is 2.49. The Bertz CT molecular complexity index is 694. The molecule has 0 heterocycles. The number of nitrogen functional groups attached to an aromatic ring is 2. The maximum Gasteiger partial charge on any atom is 0.149 e. The van der Waals surface area contributed by atoms with Crippen LogP contribution >= 0.6 is 0 Å². The van der Waals surface area contributed by atoms with Gasteiger partial charge in [-0.15, -0.1) is 0 Å². The highest BCUT2D eigenvalue weighted by Crippen LogP contribution is 2.42. The van der Waals surface area contributed by atoms with Crippen LogP contribution in [0.1, 0.15) is 22.3 Å². The van der Waals surface area contributed by atoms with E-state index in [1.165, 1.54) is 14.2 Å². The molecule has 0 aromatic heterocycles. The summed E-state index contributed by atoms with van der Waals surface area (Å²) in [4.78, 5) is 0. The lowest BCUT2D eigenvalue weighted by Crippen LogP contribution is -2.04. The Balaban J connectivity index is 2.60. The van der Waals surface area contributed by atoms with Crippen molar-refractivity contribution >= 4 is 11.4 Å². The van der Waals surface area contributed by atoms with Gasteiger partial charge in [-0.25, -0.2) is 0 Å². The van der Waals surface area contributed by atoms with Gasteiger partial charge in [0.15, 0.2) is 0 Å². The number of aromatic hydroxyl groups is 2. The first kappa shape index (κ1) is 16.6. The Kier molecular flexibility index (Phi) is 4.45. The predicted molar refractivity (Wildman–Crippen MR) is 90.4 cm³/mol. The van der Waals surface area contributed by atoms with E-state index in [0.29, 0.717) is 29.0 Å². The van der Waals surface area contributed by atoms with Gasteiger partial charge >= 0.3 is 0 Å². The van der Waals surface area contributed by atoms with Gasteiger partial charge in [-0.3, -0.25) is 0 Å². The Morgan fingerprint density at radius 1 is 0.826 bits per heavy atom. The minimum absolute atomic E-state index is 0.0129. The van der Waals surface area contributed by atoms with Crippen LogP contribution in [0.4, 0.5) is 11.4 Å². The van der Waals surface area contributed by atoms with Crippen LogP contribution in [0, 0.1) is 13.8 Å². The molecule has 0 aliphatic rings. The number of ether oxygens (including phenoxy) is 2. The smallest absolute Gasteiger partial charge is 0.149 e. The van der Waals surface area contributed by atoms with Crippen LogP contribution in [-0.2, 0) is 6.42 Å². The van der Waals surface area contributed by atoms with Gasteiger partial charge in [0.05, 0.1) is 14.2 Å². The van der Waals surface area contributed by atoms with E-state index in [-0.39, 0.29) is 22.9 Å². The molecule has 0 spiro atoms. The average Bonchev–Trinajstić information content (AvgIpc) is 2.51. The number of benzene rings is 2. The van der Waals surface area contributed by atoms with E-state index in [9.17, 15) is 10.2 Å².